The second kappa shape index (κ2) is 6.58. The number of halogens is 1. The SMILES string of the molecule is Cc1cc2c(/C=C/CN)c3c(nc2cc1F)-c1cc2c(c(=O)n1C3)COC(=O)[C@H]2O. The third-order valence-electron chi connectivity index (χ3n) is 5.70. The summed E-state index contributed by atoms with van der Waals surface area (Å²) in [6.07, 6.45) is 2.13. The van der Waals surface area contributed by atoms with Crippen molar-refractivity contribution >= 4 is 22.9 Å². The largest absolute Gasteiger partial charge is 0.458 e. The normalized spacial score (nSPS) is 17.2. The summed E-state index contributed by atoms with van der Waals surface area (Å²) >= 11 is 0. The summed E-state index contributed by atoms with van der Waals surface area (Å²) < 4.78 is 20.7. The minimum atomic E-state index is -1.52. The molecule has 2 aliphatic heterocycles. The standard InChI is InChI=1S/C22H18FN3O4/c1-10-5-12-11(3-2-4-24)14-8-26-18(19(14)25-17(12)7-16(10)23)6-13-15(21(26)28)9-30-22(29)20(13)27/h2-3,5-7,20,27H,4,8-9,24H2,1H3/b3-2+/t20-/m0/s1. The van der Waals surface area contributed by atoms with E-state index in [1.165, 1.54) is 6.07 Å². The molecule has 3 N–H and O–H groups in total. The Labute approximate surface area is 170 Å². The van der Waals surface area contributed by atoms with Gasteiger partial charge in [-0.25, -0.2) is 14.2 Å². The van der Waals surface area contributed by atoms with Gasteiger partial charge in [-0.2, -0.15) is 0 Å². The molecule has 2 aliphatic rings. The number of aryl methyl sites for hydroxylation is 1. The van der Waals surface area contributed by atoms with Crippen molar-refractivity contribution in [1.29, 1.82) is 0 Å². The quantitative estimate of drug-likeness (QED) is 0.492. The van der Waals surface area contributed by atoms with Crippen molar-refractivity contribution in [2.75, 3.05) is 6.54 Å². The van der Waals surface area contributed by atoms with Gasteiger partial charge in [0.15, 0.2) is 6.10 Å². The molecule has 5 rings (SSSR count). The number of benzene rings is 1. The van der Waals surface area contributed by atoms with Crippen LogP contribution in [0, 0.1) is 12.7 Å². The third kappa shape index (κ3) is 2.54. The number of cyclic esters (lactones) is 1. The number of carbonyl (C=O) groups excluding carboxylic acids is 1. The van der Waals surface area contributed by atoms with Crippen molar-refractivity contribution < 1.29 is 19.0 Å². The number of nitrogens with two attached hydrogens (primary N) is 1. The second-order valence-corrected chi connectivity index (χ2v) is 7.47. The summed E-state index contributed by atoms with van der Waals surface area (Å²) in [6, 6.07) is 4.71. The van der Waals surface area contributed by atoms with E-state index in [4.69, 9.17) is 10.5 Å². The Morgan fingerprint density at radius 2 is 2.13 bits per heavy atom. The number of pyridine rings is 2. The van der Waals surface area contributed by atoms with Gasteiger partial charge in [-0.1, -0.05) is 12.2 Å². The number of hydrogen-bond acceptors (Lipinski definition) is 6. The molecule has 4 heterocycles. The van der Waals surface area contributed by atoms with Crippen molar-refractivity contribution in [2.24, 2.45) is 5.73 Å². The van der Waals surface area contributed by atoms with Crippen molar-refractivity contribution in [3.63, 3.8) is 0 Å². The number of nitrogens with zero attached hydrogens (tertiary/aromatic N) is 2. The number of ether oxygens (including phenoxy) is 1. The van der Waals surface area contributed by atoms with Crippen LogP contribution in [0.3, 0.4) is 0 Å². The van der Waals surface area contributed by atoms with Gasteiger partial charge in [0, 0.05) is 29.1 Å². The highest BCUT2D eigenvalue weighted by Gasteiger charge is 2.34. The first-order chi connectivity index (χ1) is 14.4. The first kappa shape index (κ1) is 18.7. The molecule has 0 saturated heterocycles. The summed E-state index contributed by atoms with van der Waals surface area (Å²) in [7, 11) is 0. The number of aliphatic hydroxyl groups is 1. The van der Waals surface area contributed by atoms with E-state index < -0.39 is 12.1 Å². The zero-order valence-electron chi connectivity index (χ0n) is 16.1. The van der Waals surface area contributed by atoms with E-state index in [0.717, 1.165) is 16.5 Å². The average molecular weight is 407 g/mol. The topological polar surface area (TPSA) is 107 Å². The first-order valence-electron chi connectivity index (χ1n) is 9.51. The molecule has 30 heavy (non-hydrogen) atoms. The van der Waals surface area contributed by atoms with Gasteiger partial charge in [-0.15, -0.1) is 0 Å². The Bertz CT molecular complexity index is 1340. The molecule has 2 aromatic heterocycles. The Kier molecular flexibility index (Phi) is 4.09. The molecule has 0 saturated carbocycles. The first-order valence-corrected chi connectivity index (χ1v) is 9.51. The van der Waals surface area contributed by atoms with Crippen LogP contribution in [0.15, 0.2) is 29.1 Å². The van der Waals surface area contributed by atoms with E-state index in [2.05, 4.69) is 4.98 Å². The fourth-order valence-corrected chi connectivity index (χ4v) is 4.16. The molecule has 1 atom stereocenters. The van der Waals surface area contributed by atoms with Crippen LogP contribution in [0.4, 0.5) is 4.39 Å². The van der Waals surface area contributed by atoms with E-state index in [-0.39, 0.29) is 35.7 Å². The van der Waals surface area contributed by atoms with Gasteiger partial charge in [0.1, 0.15) is 12.4 Å². The van der Waals surface area contributed by atoms with Crippen molar-refractivity contribution in [3.8, 4) is 11.4 Å². The zero-order valence-corrected chi connectivity index (χ0v) is 16.1. The van der Waals surface area contributed by atoms with Crippen molar-refractivity contribution in [2.45, 2.75) is 26.2 Å². The van der Waals surface area contributed by atoms with E-state index in [1.54, 1.807) is 29.7 Å². The smallest absolute Gasteiger partial charge is 0.340 e. The Morgan fingerprint density at radius 1 is 1.33 bits per heavy atom. The van der Waals surface area contributed by atoms with Gasteiger partial charge in [0.2, 0.25) is 0 Å². The predicted octanol–water partition coefficient (Wildman–Crippen LogP) is 1.93. The lowest BCUT2D eigenvalue weighted by atomic mass is 9.97. The van der Waals surface area contributed by atoms with Gasteiger partial charge >= 0.3 is 5.97 Å². The van der Waals surface area contributed by atoms with Crippen LogP contribution in [0.2, 0.25) is 0 Å². The molecule has 0 unspecified atom stereocenters. The number of aliphatic hydroxyl groups excluding tert-OH is 1. The monoisotopic (exact) mass is 407 g/mol. The summed E-state index contributed by atoms with van der Waals surface area (Å²) in [5, 5.41) is 11.0. The number of hydrogen-bond donors (Lipinski definition) is 2. The lowest BCUT2D eigenvalue weighted by Gasteiger charge is -2.21. The van der Waals surface area contributed by atoms with E-state index in [1.807, 2.05) is 6.08 Å². The van der Waals surface area contributed by atoms with Crippen LogP contribution in [-0.2, 0) is 22.7 Å². The fraction of sp³-hybridized carbons (Fsp3) is 0.227. The lowest BCUT2D eigenvalue weighted by Crippen LogP contribution is -2.32. The molecule has 0 fully saturated rings. The molecule has 3 aromatic rings. The molecule has 7 nitrogen and oxygen atoms in total. The molecular weight excluding hydrogens is 389 g/mol. The van der Waals surface area contributed by atoms with Crippen LogP contribution in [0.25, 0.3) is 28.4 Å². The maximum Gasteiger partial charge on any atom is 0.340 e. The number of carbonyl (C=O) groups is 1. The maximum atomic E-state index is 14.2. The van der Waals surface area contributed by atoms with Gasteiger partial charge in [0.05, 0.1) is 29.0 Å². The summed E-state index contributed by atoms with van der Waals surface area (Å²) in [6.45, 7) is 2.10. The highest BCUT2D eigenvalue weighted by molar-refractivity contribution is 5.94. The summed E-state index contributed by atoms with van der Waals surface area (Å²) in [5.74, 6) is -1.16. The molecule has 0 spiro atoms. The van der Waals surface area contributed by atoms with Gasteiger partial charge in [0.25, 0.3) is 5.56 Å². The van der Waals surface area contributed by atoms with Crippen LogP contribution >= 0.6 is 0 Å². The Hall–Kier alpha value is -3.36. The highest BCUT2D eigenvalue weighted by atomic mass is 19.1. The van der Waals surface area contributed by atoms with Crippen molar-refractivity contribution in [1.82, 2.24) is 9.55 Å². The number of rotatable bonds is 2. The molecular formula is C22H18FN3O4. The van der Waals surface area contributed by atoms with Crippen LogP contribution in [0.5, 0.6) is 0 Å². The number of aromatic nitrogens is 2. The molecule has 0 amide bonds. The van der Waals surface area contributed by atoms with Crippen LogP contribution in [0.1, 0.15) is 33.9 Å². The molecule has 1 aromatic carbocycles. The zero-order chi connectivity index (χ0) is 21.2. The molecule has 8 heteroatoms. The number of fused-ring (bicyclic) bond motifs is 5. The summed E-state index contributed by atoms with van der Waals surface area (Å²) in [5.41, 5.74) is 9.36. The Balaban J connectivity index is 1.83. The third-order valence-corrected chi connectivity index (χ3v) is 5.70. The van der Waals surface area contributed by atoms with E-state index in [0.29, 0.717) is 29.0 Å². The highest BCUT2D eigenvalue weighted by Crippen LogP contribution is 2.38. The van der Waals surface area contributed by atoms with E-state index in [9.17, 15) is 19.1 Å². The minimum Gasteiger partial charge on any atom is -0.458 e. The van der Waals surface area contributed by atoms with Crippen LogP contribution < -0.4 is 11.3 Å². The molecule has 0 radical (unpaired) electrons. The Morgan fingerprint density at radius 3 is 2.90 bits per heavy atom. The van der Waals surface area contributed by atoms with Gasteiger partial charge < -0.3 is 20.1 Å². The molecule has 0 aliphatic carbocycles. The lowest BCUT2D eigenvalue weighted by molar-refractivity contribution is -0.157. The predicted molar refractivity (Wildman–Crippen MR) is 108 cm³/mol. The minimum absolute atomic E-state index is 0.180. The molecule has 0 bridgehead atoms. The van der Waals surface area contributed by atoms with Gasteiger partial charge in [-0.3, -0.25) is 4.79 Å². The van der Waals surface area contributed by atoms with Crippen molar-refractivity contribution in [3.05, 3.63) is 68.3 Å². The fourth-order valence-electron chi connectivity index (χ4n) is 4.16. The van der Waals surface area contributed by atoms with Crippen LogP contribution in [-0.4, -0.2) is 27.2 Å². The number of esters is 1. The molecule has 152 valence electrons. The second-order valence-electron chi connectivity index (χ2n) is 7.47. The van der Waals surface area contributed by atoms with Gasteiger partial charge in [-0.05, 0) is 30.2 Å². The maximum absolute atomic E-state index is 14.2. The summed E-state index contributed by atoms with van der Waals surface area (Å²) in [4.78, 5) is 29.5. The average Bonchev–Trinajstić information content (AvgIpc) is 3.08. The van der Waals surface area contributed by atoms with E-state index >= 15 is 0 Å².